The van der Waals surface area contributed by atoms with Crippen LogP contribution in [0.15, 0.2) is 0 Å². The molecule has 0 radical (unpaired) electrons. The number of carboxylic acid groups (broad SMARTS) is 1. The third-order valence-corrected chi connectivity index (χ3v) is 4.29. The van der Waals surface area contributed by atoms with Gasteiger partial charge in [-0.1, -0.05) is 0 Å². The Morgan fingerprint density at radius 2 is 1.94 bits per heavy atom. The lowest BCUT2D eigenvalue weighted by Crippen LogP contribution is -2.45. The molecule has 3 N–H and O–H groups in total. The number of carbonyl (C=O) groups excluding carboxylic acids is 1. The van der Waals surface area contributed by atoms with Gasteiger partial charge in [0.05, 0.1) is 18.1 Å². The predicted molar refractivity (Wildman–Crippen MR) is 61.9 cm³/mol. The fraction of sp³-hybridized carbons (Fsp3) is 0.778. The highest BCUT2D eigenvalue weighted by Gasteiger charge is 2.23. The Kier molecular flexibility index (Phi) is 4.91. The fourth-order valence-corrected chi connectivity index (χ4v) is 2.80. The number of hydrogen-bond donors (Lipinski definition) is 3. The van der Waals surface area contributed by atoms with Crippen LogP contribution in [0.5, 0.6) is 0 Å². The molecule has 2 amide bonds. The zero-order chi connectivity index (χ0) is 13.8. The second-order valence-corrected chi connectivity index (χ2v) is 6.34. The number of aliphatic carboxylic acids is 1. The van der Waals surface area contributed by atoms with Crippen molar-refractivity contribution in [1.82, 2.24) is 10.2 Å². The summed E-state index contributed by atoms with van der Waals surface area (Å²) in [5, 5.41) is 19.7. The molecule has 1 aliphatic rings. The number of aliphatic hydroxyl groups is 1. The minimum absolute atomic E-state index is 0.0501. The molecule has 1 atom stereocenters. The van der Waals surface area contributed by atoms with Crippen LogP contribution in [0.3, 0.4) is 0 Å². The number of carbonyl (C=O) groups is 2. The van der Waals surface area contributed by atoms with Crippen LogP contribution in [0.4, 0.5) is 4.79 Å². The molecular formula is C9H16N2O6S. The second-order valence-electron chi connectivity index (χ2n) is 4.03. The van der Waals surface area contributed by atoms with Gasteiger partial charge in [-0.15, -0.1) is 0 Å². The van der Waals surface area contributed by atoms with E-state index in [0.29, 0.717) is 13.0 Å². The highest BCUT2D eigenvalue weighted by Crippen LogP contribution is 2.05. The summed E-state index contributed by atoms with van der Waals surface area (Å²) in [4.78, 5) is 23.2. The number of urea groups is 1. The average Bonchev–Trinajstić information content (AvgIpc) is 2.46. The molecular weight excluding hydrogens is 264 g/mol. The minimum Gasteiger partial charge on any atom is -0.479 e. The second kappa shape index (κ2) is 6.01. The SMILES string of the molecule is O=C(O)[C@@H](O)CNC(=O)N1CCCS(=O)(=O)CC1. The van der Waals surface area contributed by atoms with Crippen LogP contribution in [-0.2, 0) is 14.6 Å². The van der Waals surface area contributed by atoms with Crippen LogP contribution in [0.25, 0.3) is 0 Å². The molecule has 0 unspecified atom stereocenters. The molecule has 8 nitrogen and oxygen atoms in total. The molecule has 18 heavy (non-hydrogen) atoms. The normalized spacial score (nSPS) is 20.8. The summed E-state index contributed by atoms with van der Waals surface area (Å²) in [6.45, 7) is -0.0248. The third kappa shape index (κ3) is 4.49. The summed E-state index contributed by atoms with van der Waals surface area (Å²) in [5.74, 6) is -1.47. The van der Waals surface area contributed by atoms with Crippen molar-refractivity contribution in [3.8, 4) is 0 Å². The molecule has 1 aliphatic heterocycles. The van der Waals surface area contributed by atoms with E-state index in [9.17, 15) is 18.0 Å². The van der Waals surface area contributed by atoms with Crippen molar-refractivity contribution < 1.29 is 28.2 Å². The Hall–Kier alpha value is -1.35. The lowest BCUT2D eigenvalue weighted by Gasteiger charge is -2.20. The van der Waals surface area contributed by atoms with E-state index in [1.807, 2.05) is 0 Å². The van der Waals surface area contributed by atoms with E-state index in [-0.39, 0.29) is 18.1 Å². The van der Waals surface area contributed by atoms with E-state index in [1.54, 1.807) is 0 Å². The summed E-state index contributed by atoms with van der Waals surface area (Å²) < 4.78 is 22.6. The first-order valence-corrected chi connectivity index (χ1v) is 7.28. The number of sulfone groups is 1. The molecule has 0 spiro atoms. The smallest absolute Gasteiger partial charge is 0.334 e. The van der Waals surface area contributed by atoms with E-state index >= 15 is 0 Å². The molecule has 0 aliphatic carbocycles. The fourth-order valence-electron chi connectivity index (χ4n) is 1.52. The van der Waals surface area contributed by atoms with Gasteiger partial charge in [-0.05, 0) is 6.42 Å². The third-order valence-electron chi connectivity index (χ3n) is 2.57. The van der Waals surface area contributed by atoms with Gasteiger partial charge in [0.2, 0.25) is 0 Å². The van der Waals surface area contributed by atoms with Crippen molar-refractivity contribution in [2.75, 3.05) is 31.1 Å². The molecule has 104 valence electrons. The molecule has 9 heteroatoms. The van der Waals surface area contributed by atoms with Crippen molar-refractivity contribution >= 4 is 21.8 Å². The molecule has 1 heterocycles. The Bertz CT molecular complexity index is 421. The molecule has 0 bridgehead atoms. The predicted octanol–water partition coefficient (Wildman–Crippen LogP) is -1.74. The topological polar surface area (TPSA) is 124 Å². The molecule has 0 saturated carbocycles. The van der Waals surface area contributed by atoms with Crippen LogP contribution in [-0.4, -0.2) is 72.8 Å². The number of nitrogens with one attached hydrogen (secondary N) is 1. The lowest BCUT2D eigenvalue weighted by atomic mass is 10.3. The first-order valence-electron chi connectivity index (χ1n) is 5.46. The van der Waals surface area contributed by atoms with Crippen LogP contribution in [0.1, 0.15) is 6.42 Å². The van der Waals surface area contributed by atoms with Crippen molar-refractivity contribution in [3.63, 3.8) is 0 Å². The molecule has 0 aromatic heterocycles. The number of carboxylic acids is 1. The van der Waals surface area contributed by atoms with Crippen molar-refractivity contribution in [2.45, 2.75) is 12.5 Å². The Balaban J connectivity index is 2.45. The molecule has 0 aromatic rings. The quantitative estimate of drug-likeness (QED) is 0.564. The maximum Gasteiger partial charge on any atom is 0.334 e. The van der Waals surface area contributed by atoms with Crippen molar-refractivity contribution in [2.24, 2.45) is 0 Å². The van der Waals surface area contributed by atoms with Crippen LogP contribution in [0.2, 0.25) is 0 Å². The largest absolute Gasteiger partial charge is 0.479 e. The van der Waals surface area contributed by atoms with Gasteiger partial charge in [-0.3, -0.25) is 0 Å². The van der Waals surface area contributed by atoms with Gasteiger partial charge in [-0.25, -0.2) is 18.0 Å². The van der Waals surface area contributed by atoms with Gasteiger partial charge in [-0.2, -0.15) is 0 Å². The zero-order valence-corrected chi connectivity index (χ0v) is 10.5. The number of rotatable bonds is 3. The highest BCUT2D eigenvalue weighted by molar-refractivity contribution is 7.91. The van der Waals surface area contributed by atoms with E-state index < -0.39 is 34.5 Å². The maximum absolute atomic E-state index is 11.6. The number of aliphatic hydroxyl groups excluding tert-OH is 1. The van der Waals surface area contributed by atoms with Gasteiger partial charge in [0.15, 0.2) is 15.9 Å². The molecule has 1 saturated heterocycles. The van der Waals surface area contributed by atoms with E-state index in [1.165, 1.54) is 4.90 Å². The van der Waals surface area contributed by atoms with Crippen molar-refractivity contribution in [1.29, 1.82) is 0 Å². The number of hydrogen-bond acceptors (Lipinski definition) is 5. The zero-order valence-electron chi connectivity index (χ0n) is 9.70. The Morgan fingerprint density at radius 3 is 2.56 bits per heavy atom. The van der Waals surface area contributed by atoms with Gasteiger partial charge in [0.1, 0.15) is 0 Å². The van der Waals surface area contributed by atoms with Gasteiger partial charge >= 0.3 is 12.0 Å². The number of nitrogens with zero attached hydrogens (tertiary/aromatic N) is 1. The standard InChI is InChI=1S/C9H16N2O6S/c12-7(8(13)14)6-10-9(15)11-2-1-4-18(16,17)5-3-11/h7,12H,1-6H2,(H,10,15)(H,13,14)/t7-/m0/s1. The summed E-state index contributed by atoms with van der Waals surface area (Å²) >= 11 is 0. The van der Waals surface area contributed by atoms with Crippen molar-refractivity contribution in [3.05, 3.63) is 0 Å². The summed E-state index contributed by atoms with van der Waals surface area (Å²) in [7, 11) is -3.10. The molecule has 0 aromatic carbocycles. The van der Waals surface area contributed by atoms with E-state index in [2.05, 4.69) is 5.32 Å². The van der Waals surface area contributed by atoms with E-state index in [4.69, 9.17) is 10.2 Å². The lowest BCUT2D eigenvalue weighted by molar-refractivity contribution is -0.146. The van der Waals surface area contributed by atoms with Gasteiger partial charge < -0.3 is 20.4 Å². The average molecular weight is 280 g/mol. The Morgan fingerprint density at radius 1 is 1.28 bits per heavy atom. The monoisotopic (exact) mass is 280 g/mol. The molecule has 1 fully saturated rings. The molecule has 1 rings (SSSR count). The van der Waals surface area contributed by atoms with Gasteiger partial charge in [0.25, 0.3) is 0 Å². The van der Waals surface area contributed by atoms with Gasteiger partial charge in [0, 0.05) is 13.1 Å². The summed E-state index contributed by atoms with van der Waals surface area (Å²) in [6.07, 6.45) is -1.30. The first kappa shape index (κ1) is 14.7. The Labute approximate surface area is 104 Å². The number of amides is 2. The van der Waals surface area contributed by atoms with E-state index in [0.717, 1.165) is 0 Å². The summed E-state index contributed by atoms with van der Waals surface area (Å²) in [5.41, 5.74) is 0. The van der Waals surface area contributed by atoms with Crippen LogP contribution >= 0.6 is 0 Å². The summed E-state index contributed by atoms with van der Waals surface area (Å²) in [6, 6.07) is -0.563. The minimum atomic E-state index is -3.10. The van der Waals surface area contributed by atoms with Crippen LogP contribution in [0, 0.1) is 0 Å². The van der Waals surface area contributed by atoms with Crippen LogP contribution < -0.4 is 5.32 Å². The highest BCUT2D eigenvalue weighted by atomic mass is 32.2. The first-order chi connectivity index (χ1) is 8.32. The maximum atomic E-state index is 11.6.